The Labute approximate surface area is 131 Å². The van der Waals surface area contributed by atoms with Crippen LogP contribution < -0.4 is 5.32 Å². The Balaban J connectivity index is 1.39. The second-order valence-electron chi connectivity index (χ2n) is 7.58. The minimum Gasteiger partial charge on any atom is -0.313 e. The van der Waals surface area contributed by atoms with E-state index in [1.807, 2.05) is 0 Å². The molecule has 3 heterocycles. The summed E-state index contributed by atoms with van der Waals surface area (Å²) in [6, 6.07) is 1.65. The van der Waals surface area contributed by atoms with E-state index in [-0.39, 0.29) is 0 Å². The monoisotopic (exact) mass is 293 g/mol. The summed E-state index contributed by atoms with van der Waals surface area (Å²) in [5.41, 5.74) is 0. The number of hydrogen-bond donors (Lipinski definition) is 1. The van der Waals surface area contributed by atoms with E-state index in [1.54, 1.807) is 0 Å². The summed E-state index contributed by atoms with van der Waals surface area (Å²) in [5.74, 6) is 0.974. The summed E-state index contributed by atoms with van der Waals surface area (Å²) in [4.78, 5) is 5.52. The number of hydrogen-bond acceptors (Lipinski definition) is 3. The Bertz CT molecular complexity index is 293. The molecule has 0 saturated carbocycles. The van der Waals surface area contributed by atoms with Gasteiger partial charge in [0.15, 0.2) is 0 Å². The van der Waals surface area contributed by atoms with Gasteiger partial charge in [0.25, 0.3) is 0 Å². The third kappa shape index (κ3) is 4.43. The fraction of sp³-hybridized carbons (Fsp3) is 1.00. The van der Waals surface area contributed by atoms with E-state index in [1.165, 1.54) is 90.6 Å². The van der Waals surface area contributed by atoms with Crippen molar-refractivity contribution in [2.24, 2.45) is 5.92 Å². The minimum atomic E-state index is 0.759. The van der Waals surface area contributed by atoms with Gasteiger partial charge in [-0.1, -0.05) is 19.8 Å². The maximum Gasteiger partial charge on any atom is 0.0197 e. The minimum absolute atomic E-state index is 0.759. The summed E-state index contributed by atoms with van der Waals surface area (Å²) in [5, 5.41) is 3.75. The Morgan fingerprint density at radius 1 is 0.952 bits per heavy atom. The molecule has 0 radical (unpaired) electrons. The lowest BCUT2D eigenvalue weighted by atomic mass is 9.90. The Hall–Kier alpha value is -0.120. The molecule has 0 amide bonds. The fourth-order valence-corrected chi connectivity index (χ4v) is 4.67. The van der Waals surface area contributed by atoms with Crippen LogP contribution in [0, 0.1) is 5.92 Å². The van der Waals surface area contributed by atoms with Crippen molar-refractivity contribution in [1.82, 2.24) is 15.1 Å². The number of nitrogens with zero attached hydrogens (tertiary/aromatic N) is 2. The van der Waals surface area contributed by atoms with Crippen LogP contribution in [0.3, 0.4) is 0 Å². The van der Waals surface area contributed by atoms with Crippen LogP contribution in [0.4, 0.5) is 0 Å². The predicted molar refractivity (Wildman–Crippen MR) is 89.7 cm³/mol. The lowest BCUT2D eigenvalue weighted by Gasteiger charge is -2.42. The van der Waals surface area contributed by atoms with Crippen LogP contribution in [0.15, 0.2) is 0 Å². The van der Waals surface area contributed by atoms with Gasteiger partial charge in [-0.15, -0.1) is 0 Å². The maximum absolute atomic E-state index is 3.75. The van der Waals surface area contributed by atoms with Crippen LogP contribution in [0.5, 0.6) is 0 Å². The first-order chi connectivity index (χ1) is 10.3. The molecule has 1 N–H and O–H groups in total. The van der Waals surface area contributed by atoms with Crippen molar-refractivity contribution in [3.05, 3.63) is 0 Å². The van der Waals surface area contributed by atoms with Crippen molar-refractivity contribution in [3.63, 3.8) is 0 Å². The van der Waals surface area contributed by atoms with Gasteiger partial charge in [-0.2, -0.15) is 0 Å². The van der Waals surface area contributed by atoms with Crippen LogP contribution in [0.2, 0.25) is 0 Å². The van der Waals surface area contributed by atoms with Gasteiger partial charge in [0.05, 0.1) is 0 Å². The van der Waals surface area contributed by atoms with Gasteiger partial charge < -0.3 is 15.1 Å². The van der Waals surface area contributed by atoms with E-state index >= 15 is 0 Å². The number of likely N-dealkylation sites (tertiary alicyclic amines) is 2. The molecule has 3 fully saturated rings. The molecule has 3 aliphatic heterocycles. The van der Waals surface area contributed by atoms with E-state index in [9.17, 15) is 0 Å². The quantitative estimate of drug-likeness (QED) is 0.860. The van der Waals surface area contributed by atoms with Gasteiger partial charge in [-0.3, -0.25) is 0 Å². The summed E-state index contributed by atoms with van der Waals surface area (Å²) >= 11 is 0. The highest BCUT2D eigenvalue weighted by Crippen LogP contribution is 2.23. The van der Waals surface area contributed by atoms with Crippen LogP contribution >= 0.6 is 0 Å². The zero-order chi connectivity index (χ0) is 14.5. The summed E-state index contributed by atoms with van der Waals surface area (Å²) in [7, 11) is 0. The van der Waals surface area contributed by atoms with E-state index in [2.05, 4.69) is 22.0 Å². The van der Waals surface area contributed by atoms with Crippen molar-refractivity contribution in [2.45, 2.75) is 70.4 Å². The molecule has 0 aromatic rings. The zero-order valence-electron chi connectivity index (χ0n) is 14.0. The van der Waals surface area contributed by atoms with Gasteiger partial charge in [0, 0.05) is 18.6 Å². The van der Waals surface area contributed by atoms with Gasteiger partial charge in [0.2, 0.25) is 0 Å². The topological polar surface area (TPSA) is 18.5 Å². The van der Waals surface area contributed by atoms with Crippen molar-refractivity contribution in [1.29, 1.82) is 0 Å². The largest absolute Gasteiger partial charge is 0.313 e. The average molecular weight is 293 g/mol. The first kappa shape index (κ1) is 15.8. The molecule has 0 aromatic carbocycles. The third-order valence-electron chi connectivity index (χ3n) is 6.12. The van der Waals surface area contributed by atoms with E-state index in [4.69, 9.17) is 0 Å². The number of rotatable bonds is 4. The Morgan fingerprint density at radius 3 is 2.43 bits per heavy atom. The predicted octanol–water partition coefficient (Wildman–Crippen LogP) is 2.71. The molecule has 0 bridgehead atoms. The van der Waals surface area contributed by atoms with Crippen molar-refractivity contribution < 1.29 is 0 Å². The Morgan fingerprint density at radius 2 is 1.71 bits per heavy atom. The van der Waals surface area contributed by atoms with Gasteiger partial charge in [-0.05, 0) is 77.2 Å². The highest BCUT2D eigenvalue weighted by atomic mass is 15.2. The van der Waals surface area contributed by atoms with E-state index in [0.29, 0.717) is 0 Å². The van der Waals surface area contributed by atoms with E-state index < -0.39 is 0 Å². The van der Waals surface area contributed by atoms with Gasteiger partial charge in [0.1, 0.15) is 0 Å². The van der Waals surface area contributed by atoms with Crippen LogP contribution in [0.1, 0.15) is 58.3 Å². The molecule has 0 aliphatic carbocycles. The normalized spacial score (nSPS) is 34.1. The molecule has 3 heteroatoms. The third-order valence-corrected chi connectivity index (χ3v) is 6.12. The summed E-state index contributed by atoms with van der Waals surface area (Å²) in [6.07, 6.45) is 11.3. The molecular formula is C18H35N3. The van der Waals surface area contributed by atoms with Crippen LogP contribution in [-0.4, -0.2) is 61.2 Å². The molecule has 0 aromatic heterocycles. The Kier molecular flexibility index (Phi) is 5.96. The fourth-order valence-electron chi connectivity index (χ4n) is 4.67. The molecule has 122 valence electrons. The zero-order valence-corrected chi connectivity index (χ0v) is 14.0. The van der Waals surface area contributed by atoms with Gasteiger partial charge in [-0.25, -0.2) is 0 Å². The summed E-state index contributed by atoms with van der Waals surface area (Å²) in [6.45, 7) is 10.3. The summed E-state index contributed by atoms with van der Waals surface area (Å²) < 4.78 is 0. The first-order valence-corrected chi connectivity index (χ1v) is 9.55. The van der Waals surface area contributed by atoms with Crippen molar-refractivity contribution in [2.75, 3.05) is 39.3 Å². The van der Waals surface area contributed by atoms with Crippen LogP contribution in [0.25, 0.3) is 0 Å². The second-order valence-corrected chi connectivity index (χ2v) is 7.58. The highest BCUT2D eigenvalue weighted by Gasteiger charge is 2.28. The molecule has 2 atom stereocenters. The molecule has 3 rings (SSSR count). The molecule has 2 unspecified atom stereocenters. The van der Waals surface area contributed by atoms with Crippen molar-refractivity contribution in [3.8, 4) is 0 Å². The van der Waals surface area contributed by atoms with Gasteiger partial charge >= 0.3 is 0 Å². The SMILES string of the molecule is CCC1CCNC(CN2CCC(N3CCCCC3)CC2)C1. The number of piperidine rings is 3. The highest BCUT2D eigenvalue weighted by molar-refractivity contribution is 4.85. The molecule has 3 nitrogen and oxygen atoms in total. The molecule has 3 saturated heterocycles. The first-order valence-electron chi connectivity index (χ1n) is 9.55. The van der Waals surface area contributed by atoms with Crippen LogP contribution in [-0.2, 0) is 0 Å². The smallest absolute Gasteiger partial charge is 0.0197 e. The molecule has 3 aliphatic rings. The van der Waals surface area contributed by atoms with Crippen molar-refractivity contribution >= 4 is 0 Å². The second kappa shape index (κ2) is 7.94. The van der Waals surface area contributed by atoms with E-state index in [0.717, 1.165) is 18.0 Å². The standard InChI is InChI=1S/C18H35N3/c1-2-16-6-9-19-17(14-16)15-20-12-7-18(8-13-20)21-10-4-3-5-11-21/h16-19H,2-15H2,1H3. The maximum atomic E-state index is 3.75. The lowest BCUT2D eigenvalue weighted by molar-refractivity contribution is 0.0840. The average Bonchev–Trinajstić information content (AvgIpc) is 2.56. The number of nitrogens with one attached hydrogen (secondary N) is 1. The molecule has 21 heavy (non-hydrogen) atoms. The lowest BCUT2D eigenvalue weighted by Crippen LogP contribution is -2.51. The molecule has 0 spiro atoms. The molecular weight excluding hydrogens is 258 g/mol.